The van der Waals surface area contributed by atoms with Gasteiger partial charge in [-0.2, -0.15) is 0 Å². The molecule has 4 atom stereocenters. The summed E-state index contributed by atoms with van der Waals surface area (Å²) in [5.74, 6) is -2.96. The Morgan fingerprint density at radius 2 is 1.74 bits per heavy atom. The minimum atomic E-state index is -3.98. The van der Waals surface area contributed by atoms with Crippen LogP contribution in [0.25, 0.3) is 0 Å². The lowest BCUT2D eigenvalue weighted by molar-refractivity contribution is -0.161. The summed E-state index contributed by atoms with van der Waals surface area (Å²) >= 11 is 12.6. The Bertz CT molecular complexity index is 1620. The van der Waals surface area contributed by atoms with Gasteiger partial charge in [-0.05, 0) is 66.6 Å². The van der Waals surface area contributed by atoms with E-state index in [0.717, 1.165) is 24.0 Å². The van der Waals surface area contributed by atoms with Gasteiger partial charge in [0.15, 0.2) is 0 Å². The summed E-state index contributed by atoms with van der Waals surface area (Å²) in [4.78, 5) is 28.3. The molecule has 0 spiro atoms. The van der Waals surface area contributed by atoms with E-state index in [0.29, 0.717) is 10.0 Å². The number of carbonyl (C=O) groups excluding carboxylic acids is 1. The number of sulfonamides is 1. The molecule has 2 fully saturated rings. The van der Waals surface area contributed by atoms with E-state index in [1.165, 1.54) is 18.2 Å². The van der Waals surface area contributed by atoms with E-state index in [4.69, 9.17) is 23.2 Å². The second-order valence-corrected chi connectivity index (χ2v) is 14.5. The molecule has 2 aliphatic rings. The number of amides is 1. The molecule has 1 saturated carbocycles. The number of aliphatic carboxylic acids is 1. The first-order chi connectivity index (χ1) is 20.4. The van der Waals surface area contributed by atoms with Gasteiger partial charge in [0.05, 0.1) is 23.6 Å². The molecule has 0 aromatic heterocycles. The molecule has 0 radical (unpaired) electrons. The molecule has 1 saturated heterocycles. The number of rotatable bonds is 11. The first-order valence-electron chi connectivity index (χ1n) is 14.1. The van der Waals surface area contributed by atoms with E-state index >= 15 is 0 Å². The molecule has 228 valence electrons. The Hall–Kier alpha value is -2.98. The van der Waals surface area contributed by atoms with Crippen molar-refractivity contribution in [2.75, 3.05) is 6.54 Å². The van der Waals surface area contributed by atoms with Gasteiger partial charge in [0.1, 0.15) is 5.82 Å². The average Bonchev–Trinajstić information content (AvgIpc) is 3.78. The van der Waals surface area contributed by atoms with Crippen molar-refractivity contribution in [2.24, 2.45) is 11.3 Å². The Balaban J connectivity index is 1.57. The number of carboxylic acid groups (broad SMARTS) is 1. The molecule has 5 rings (SSSR count). The van der Waals surface area contributed by atoms with Gasteiger partial charge in [-0.25, -0.2) is 17.5 Å². The molecule has 1 amide bonds. The van der Waals surface area contributed by atoms with Crippen LogP contribution in [0.15, 0.2) is 72.8 Å². The maximum atomic E-state index is 14.5. The molecule has 43 heavy (non-hydrogen) atoms. The van der Waals surface area contributed by atoms with Crippen LogP contribution in [0, 0.1) is 17.2 Å². The maximum absolute atomic E-state index is 14.5. The van der Waals surface area contributed by atoms with Crippen LogP contribution < -0.4 is 4.72 Å². The number of likely N-dealkylation sites (tertiary alicyclic amines) is 1. The minimum absolute atomic E-state index is 0.00195. The van der Waals surface area contributed by atoms with Gasteiger partial charge in [0.2, 0.25) is 15.9 Å². The number of hydrogen-bond donors (Lipinski definition) is 2. The van der Waals surface area contributed by atoms with Crippen LogP contribution in [-0.2, 0) is 25.4 Å². The third kappa shape index (κ3) is 7.23. The van der Waals surface area contributed by atoms with Gasteiger partial charge in [0, 0.05) is 34.1 Å². The first kappa shape index (κ1) is 31.4. The van der Waals surface area contributed by atoms with Gasteiger partial charge < -0.3 is 10.0 Å². The van der Waals surface area contributed by atoms with Crippen molar-refractivity contribution in [1.82, 2.24) is 9.62 Å². The Morgan fingerprint density at radius 1 is 1.05 bits per heavy atom. The van der Waals surface area contributed by atoms with Crippen molar-refractivity contribution >= 4 is 45.1 Å². The SMILES string of the molecule is C[C@]1(CC(=O)O)C[C@H](c2cccc(Cl)c2)[C@@H](c2ccc(Cl)cc2)N([C@H](CNS(=O)(=O)Cc2ccccc2F)C2CC2)C1=O. The highest BCUT2D eigenvalue weighted by Gasteiger charge is 2.54. The zero-order chi connectivity index (χ0) is 30.9. The van der Waals surface area contributed by atoms with Crippen LogP contribution in [-0.4, -0.2) is 42.9 Å². The number of carboxylic acids is 1. The van der Waals surface area contributed by atoms with E-state index < -0.39 is 45.1 Å². The number of piperidine rings is 1. The highest BCUT2D eigenvalue weighted by molar-refractivity contribution is 7.88. The second-order valence-electron chi connectivity index (χ2n) is 11.8. The fourth-order valence-corrected chi connectivity index (χ4v) is 7.80. The van der Waals surface area contributed by atoms with Crippen molar-refractivity contribution in [3.63, 3.8) is 0 Å². The molecule has 7 nitrogen and oxygen atoms in total. The Kier molecular flexibility index (Phi) is 9.18. The van der Waals surface area contributed by atoms with E-state index in [-0.39, 0.29) is 42.7 Å². The molecule has 1 aliphatic heterocycles. The first-order valence-corrected chi connectivity index (χ1v) is 16.5. The van der Waals surface area contributed by atoms with E-state index in [2.05, 4.69) is 4.72 Å². The van der Waals surface area contributed by atoms with Crippen molar-refractivity contribution < 1.29 is 27.5 Å². The van der Waals surface area contributed by atoms with Crippen LogP contribution in [0.2, 0.25) is 10.0 Å². The molecule has 1 heterocycles. The number of hydrogen-bond acceptors (Lipinski definition) is 4. The molecule has 3 aromatic carbocycles. The fourth-order valence-electron chi connectivity index (χ4n) is 6.30. The summed E-state index contributed by atoms with van der Waals surface area (Å²) in [6.45, 7) is 1.57. The van der Waals surface area contributed by atoms with Gasteiger partial charge in [-0.15, -0.1) is 0 Å². The van der Waals surface area contributed by atoms with Crippen LogP contribution in [0.5, 0.6) is 0 Å². The van der Waals surface area contributed by atoms with Crippen molar-refractivity contribution in [2.45, 2.75) is 56.4 Å². The van der Waals surface area contributed by atoms with Gasteiger partial charge in [-0.1, -0.05) is 72.6 Å². The topological polar surface area (TPSA) is 104 Å². The molecular weight excluding hydrogens is 614 g/mol. The quantitative estimate of drug-likeness (QED) is 0.245. The molecule has 2 N–H and O–H groups in total. The molecule has 0 bridgehead atoms. The largest absolute Gasteiger partial charge is 0.481 e. The third-order valence-corrected chi connectivity index (χ3v) is 10.3. The minimum Gasteiger partial charge on any atom is -0.481 e. The monoisotopic (exact) mass is 646 g/mol. The lowest BCUT2D eigenvalue weighted by atomic mass is 9.67. The van der Waals surface area contributed by atoms with Gasteiger partial charge in [0.25, 0.3) is 0 Å². The predicted molar refractivity (Wildman–Crippen MR) is 164 cm³/mol. The zero-order valence-electron chi connectivity index (χ0n) is 23.5. The predicted octanol–water partition coefficient (Wildman–Crippen LogP) is 6.57. The molecular formula is C32H33Cl2FN2O5S. The summed E-state index contributed by atoms with van der Waals surface area (Å²) in [6.07, 6.45) is 1.43. The van der Waals surface area contributed by atoms with E-state index in [9.17, 15) is 27.5 Å². The lowest BCUT2D eigenvalue weighted by Crippen LogP contribution is -2.59. The second kappa shape index (κ2) is 12.6. The smallest absolute Gasteiger partial charge is 0.304 e. The van der Waals surface area contributed by atoms with Crippen LogP contribution >= 0.6 is 23.2 Å². The van der Waals surface area contributed by atoms with Crippen molar-refractivity contribution in [3.8, 4) is 0 Å². The molecule has 0 unspecified atom stereocenters. The van der Waals surface area contributed by atoms with Crippen molar-refractivity contribution in [1.29, 1.82) is 0 Å². The zero-order valence-corrected chi connectivity index (χ0v) is 25.9. The molecule has 11 heteroatoms. The van der Waals surface area contributed by atoms with Crippen LogP contribution in [0.3, 0.4) is 0 Å². The lowest BCUT2D eigenvalue weighted by Gasteiger charge is -2.52. The average molecular weight is 648 g/mol. The van der Waals surface area contributed by atoms with Crippen LogP contribution in [0.1, 0.15) is 61.3 Å². The number of carbonyl (C=O) groups is 2. The fraction of sp³-hybridized carbons (Fsp3) is 0.375. The maximum Gasteiger partial charge on any atom is 0.304 e. The van der Waals surface area contributed by atoms with E-state index in [1.807, 2.05) is 30.3 Å². The number of nitrogens with zero attached hydrogens (tertiary/aromatic N) is 1. The normalized spacial score (nSPS) is 23.3. The van der Waals surface area contributed by atoms with Gasteiger partial charge in [-0.3, -0.25) is 9.59 Å². The van der Waals surface area contributed by atoms with Crippen molar-refractivity contribution in [3.05, 3.63) is 105 Å². The van der Waals surface area contributed by atoms with E-state index in [1.54, 1.807) is 36.1 Å². The third-order valence-electron chi connectivity index (χ3n) is 8.47. The highest BCUT2D eigenvalue weighted by atomic mass is 35.5. The molecule has 3 aromatic rings. The summed E-state index contributed by atoms with van der Waals surface area (Å²) in [6, 6.07) is 19.1. The number of nitrogens with one attached hydrogen (secondary N) is 1. The molecule has 1 aliphatic carbocycles. The van der Waals surface area contributed by atoms with Gasteiger partial charge >= 0.3 is 5.97 Å². The van der Waals surface area contributed by atoms with Crippen LogP contribution in [0.4, 0.5) is 4.39 Å². The Morgan fingerprint density at radius 3 is 2.37 bits per heavy atom. The summed E-state index contributed by atoms with van der Waals surface area (Å²) in [7, 11) is -3.98. The standard InChI is InChI=1S/C32H33Cl2FN2O5S/c1-32(17-29(38)39)16-26(22-6-4-7-25(34)15-22)30(21-11-13-24(33)14-12-21)37(31(32)40)28(20-9-10-20)18-36-43(41,42)19-23-5-2-3-8-27(23)35/h2-8,11-15,20,26,28,30,36H,9-10,16-19H2,1H3,(H,38,39)/t26-,28-,30-,32-/m1/s1. The summed E-state index contributed by atoms with van der Waals surface area (Å²) < 4.78 is 43.2. The Labute approximate surface area is 261 Å². The number of halogens is 3. The highest BCUT2D eigenvalue weighted by Crippen LogP contribution is 2.54. The number of benzene rings is 3. The summed E-state index contributed by atoms with van der Waals surface area (Å²) in [5, 5.41) is 10.9. The summed E-state index contributed by atoms with van der Waals surface area (Å²) in [5.41, 5.74) is 0.415.